The second-order valence-electron chi connectivity index (χ2n) is 3.92. The Bertz CT molecular complexity index is 264. The van der Waals surface area contributed by atoms with Gasteiger partial charge in [0.1, 0.15) is 0 Å². The molecule has 2 N–H and O–H groups in total. The minimum absolute atomic E-state index is 0.340. The van der Waals surface area contributed by atoms with Crippen molar-refractivity contribution in [3.05, 3.63) is 29.8 Å². The Kier molecular flexibility index (Phi) is 3.96. The first-order valence-electron chi connectivity index (χ1n) is 5.28. The minimum Gasteiger partial charge on any atom is -0.309 e. The summed E-state index contributed by atoms with van der Waals surface area (Å²) >= 11 is 0. The molecule has 1 rings (SSSR count). The smallest absolute Gasteiger partial charge is 0.0520 e. The van der Waals surface area contributed by atoms with E-state index in [1.807, 2.05) is 0 Å². The Hall–Kier alpha value is -1.02. The van der Waals surface area contributed by atoms with Crippen LogP contribution in [0.4, 0.5) is 5.69 Å². The van der Waals surface area contributed by atoms with Gasteiger partial charge in [0.25, 0.3) is 0 Å². The van der Waals surface area contributed by atoms with Gasteiger partial charge in [-0.25, -0.2) is 5.84 Å². The molecule has 0 unspecified atom stereocenters. The Morgan fingerprint density at radius 2 is 1.79 bits per heavy atom. The number of hydrazine groups is 1. The third kappa shape index (κ3) is 2.74. The van der Waals surface area contributed by atoms with Crippen LogP contribution >= 0.6 is 0 Å². The van der Waals surface area contributed by atoms with Gasteiger partial charge in [-0.2, -0.15) is 0 Å². The van der Waals surface area contributed by atoms with Gasteiger partial charge < -0.3 is 5.01 Å². The fourth-order valence-electron chi connectivity index (χ4n) is 1.42. The van der Waals surface area contributed by atoms with E-state index < -0.39 is 0 Å². The predicted octanol–water partition coefficient (Wildman–Crippen LogP) is 2.73. The maximum atomic E-state index is 5.90. The van der Waals surface area contributed by atoms with Crippen LogP contribution in [0.1, 0.15) is 32.8 Å². The molecule has 1 aromatic rings. The molecular formula is C12H20N2. The van der Waals surface area contributed by atoms with E-state index in [2.05, 4.69) is 45.0 Å². The highest BCUT2D eigenvalue weighted by molar-refractivity contribution is 5.46. The van der Waals surface area contributed by atoms with Crippen molar-refractivity contribution < 1.29 is 0 Å². The predicted molar refractivity (Wildman–Crippen MR) is 62.2 cm³/mol. The first-order valence-corrected chi connectivity index (χ1v) is 5.28. The molecule has 0 spiro atoms. The standard InChI is InChI=1S/C12H20N2/c1-4-5-11-6-8-12(9-7-11)14(13)10(2)3/h6-10H,4-5,13H2,1-3H3. The summed E-state index contributed by atoms with van der Waals surface area (Å²) in [6.45, 7) is 6.36. The summed E-state index contributed by atoms with van der Waals surface area (Å²) in [6.07, 6.45) is 2.34. The van der Waals surface area contributed by atoms with Crippen molar-refractivity contribution in [3.8, 4) is 0 Å². The molecule has 0 aromatic heterocycles. The van der Waals surface area contributed by atoms with Crippen LogP contribution in [0.25, 0.3) is 0 Å². The van der Waals surface area contributed by atoms with Crippen LogP contribution in [0.15, 0.2) is 24.3 Å². The Balaban J connectivity index is 2.72. The number of aryl methyl sites for hydroxylation is 1. The lowest BCUT2D eigenvalue weighted by Crippen LogP contribution is -2.37. The van der Waals surface area contributed by atoms with Gasteiger partial charge in [0.2, 0.25) is 0 Å². The lowest BCUT2D eigenvalue weighted by Gasteiger charge is -2.23. The highest BCUT2D eigenvalue weighted by atomic mass is 15.4. The van der Waals surface area contributed by atoms with Crippen LogP contribution in [0, 0.1) is 0 Å². The number of benzene rings is 1. The minimum atomic E-state index is 0.340. The van der Waals surface area contributed by atoms with E-state index in [4.69, 9.17) is 5.84 Å². The number of hydrogen-bond acceptors (Lipinski definition) is 2. The van der Waals surface area contributed by atoms with Gasteiger partial charge in [0.15, 0.2) is 0 Å². The fourth-order valence-corrected chi connectivity index (χ4v) is 1.42. The third-order valence-electron chi connectivity index (χ3n) is 2.33. The van der Waals surface area contributed by atoms with Crippen LogP contribution in [0.3, 0.4) is 0 Å². The molecule has 0 aliphatic carbocycles. The maximum Gasteiger partial charge on any atom is 0.0520 e. The Labute approximate surface area is 86.7 Å². The van der Waals surface area contributed by atoms with E-state index >= 15 is 0 Å². The maximum absolute atomic E-state index is 5.90. The van der Waals surface area contributed by atoms with Gasteiger partial charge >= 0.3 is 0 Å². The largest absolute Gasteiger partial charge is 0.309 e. The molecule has 0 aliphatic rings. The summed E-state index contributed by atoms with van der Waals surface area (Å²) in [4.78, 5) is 0. The second kappa shape index (κ2) is 5.01. The molecule has 78 valence electrons. The highest BCUT2D eigenvalue weighted by Crippen LogP contribution is 2.15. The lowest BCUT2D eigenvalue weighted by molar-refractivity contribution is 0.711. The summed E-state index contributed by atoms with van der Waals surface area (Å²) < 4.78 is 0. The topological polar surface area (TPSA) is 29.3 Å². The molecule has 2 nitrogen and oxygen atoms in total. The quantitative estimate of drug-likeness (QED) is 0.587. The normalized spacial score (nSPS) is 10.6. The monoisotopic (exact) mass is 192 g/mol. The van der Waals surface area contributed by atoms with E-state index in [1.54, 1.807) is 5.01 Å². The summed E-state index contributed by atoms with van der Waals surface area (Å²) in [7, 11) is 0. The number of nitrogens with zero attached hydrogens (tertiary/aromatic N) is 1. The zero-order chi connectivity index (χ0) is 10.6. The Morgan fingerprint density at radius 3 is 2.21 bits per heavy atom. The van der Waals surface area contributed by atoms with Crippen molar-refractivity contribution in [2.75, 3.05) is 5.01 Å². The number of hydrogen-bond donors (Lipinski definition) is 1. The molecule has 0 radical (unpaired) electrons. The van der Waals surface area contributed by atoms with Crippen LogP contribution in [-0.2, 0) is 6.42 Å². The molecule has 0 bridgehead atoms. The first-order chi connectivity index (χ1) is 6.65. The summed E-state index contributed by atoms with van der Waals surface area (Å²) in [5.41, 5.74) is 2.47. The molecule has 2 heteroatoms. The summed E-state index contributed by atoms with van der Waals surface area (Å²) in [5.74, 6) is 5.90. The van der Waals surface area contributed by atoms with Crippen molar-refractivity contribution in [2.24, 2.45) is 5.84 Å². The van der Waals surface area contributed by atoms with Crippen LogP contribution in [0.2, 0.25) is 0 Å². The third-order valence-corrected chi connectivity index (χ3v) is 2.33. The molecule has 0 fully saturated rings. The molecule has 14 heavy (non-hydrogen) atoms. The highest BCUT2D eigenvalue weighted by Gasteiger charge is 2.04. The summed E-state index contributed by atoms with van der Waals surface area (Å²) in [5, 5.41) is 1.79. The van der Waals surface area contributed by atoms with Gasteiger partial charge in [-0.1, -0.05) is 25.5 Å². The first kappa shape index (κ1) is 11.1. The number of rotatable bonds is 4. The van der Waals surface area contributed by atoms with Crippen molar-refractivity contribution >= 4 is 5.69 Å². The lowest BCUT2D eigenvalue weighted by atomic mass is 10.1. The van der Waals surface area contributed by atoms with Gasteiger partial charge in [-0.05, 0) is 38.0 Å². The van der Waals surface area contributed by atoms with Gasteiger partial charge in [-0.3, -0.25) is 0 Å². The molecule has 0 saturated carbocycles. The second-order valence-corrected chi connectivity index (χ2v) is 3.92. The van der Waals surface area contributed by atoms with E-state index in [0.29, 0.717) is 6.04 Å². The van der Waals surface area contributed by atoms with Crippen LogP contribution in [-0.4, -0.2) is 6.04 Å². The average molecular weight is 192 g/mol. The molecule has 0 saturated heterocycles. The van der Waals surface area contributed by atoms with E-state index in [9.17, 15) is 0 Å². The van der Waals surface area contributed by atoms with E-state index in [0.717, 1.165) is 12.1 Å². The van der Waals surface area contributed by atoms with Crippen molar-refractivity contribution in [1.82, 2.24) is 0 Å². The van der Waals surface area contributed by atoms with Crippen LogP contribution < -0.4 is 10.9 Å². The molecule has 0 heterocycles. The fraction of sp³-hybridized carbons (Fsp3) is 0.500. The molecule has 0 amide bonds. The van der Waals surface area contributed by atoms with Crippen LogP contribution in [0.5, 0.6) is 0 Å². The van der Waals surface area contributed by atoms with Crippen molar-refractivity contribution in [1.29, 1.82) is 0 Å². The average Bonchev–Trinajstić information content (AvgIpc) is 2.18. The van der Waals surface area contributed by atoms with E-state index in [1.165, 1.54) is 12.0 Å². The molecule has 0 aliphatic heterocycles. The zero-order valence-corrected chi connectivity index (χ0v) is 9.33. The Morgan fingerprint density at radius 1 is 1.21 bits per heavy atom. The van der Waals surface area contributed by atoms with Crippen molar-refractivity contribution in [3.63, 3.8) is 0 Å². The van der Waals surface area contributed by atoms with Gasteiger partial charge in [-0.15, -0.1) is 0 Å². The molecule has 1 aromatic carbocycles. The van der Waals surface area contributed by atoms with Crippen molar-refractivity contribution in [2.45, 2.75) is 39.7 Å². The van der Waals surface area contributed by atoms with Gasteiger partial charge in [0, 0.05) is 6.04 Å². The molecular weight excluding hydrogens is 172 g/mol. The zero-order valence-electron chi connectivity index (χ0n) is 9.33. The number of nitrogens with two attached hydrogens (primary N) is 1. The van der Waals surface area contributed by atoms with Gasteiger partial charge in [0.05, 0.1) is 5.69 Å². The molecule has 0 atom stereocenters. The SMILES string of the molecule is CCCc1ccc(N(N)C(C)C)cc1. The van der Waals surface area contributed by atoms with E-state index in [-0.39, 0.29) is 0 Å². The number of anilines is 1. The summed E-state index contributed by atoms with van der Waals surface area (Å²) in [6, 6.07) is 8.82.